The second kappa shape index (κ2) is 4.68. The van der Waals surface area contributed by atoms with Crippen molar-refractivity contribution in [3.63, 3.8) is 0 Å². The first-order chi connectivity index (χ1) is 8.39. The van der Waals surface area contributed by atoms with E-state index in [1.807, 2.05) is 13.0 Å². The molecular weight excluding hydrogens is 252 g/mol. The topological polar surface area (TPSA) is 67.3 Å². The fraction of sp³-hybridized carbons (Fsp3) is 0.500. The Balaban J connectivity index is 2.15. The number of aromatic nitrogens is 1. The third-order valence-corrected chi connectivity index (χ3v) is 4.96. The second-order valence-corrected chi connectivity index (χ2v) is 6.92. The molecule has 0 aliphatic carbocycles. The molecule has 1 amide bonds. The van der Waals surface area contributed by atoms with Crippen molar-refractivity contribution in [2.24, 2.45) is 0 Å². The Morgan fingerprint density at radius 1 is 1.50 bits per heavy atom. The first kappa shape index (κ1) is 13.0. The lowest BCUT2D eigenvalue weighted by molar-refractivity contribution is 0.0741. The predicted octanol–water partition coefficient (Wildman–Crippen LogP) is 0.649. The highest BCUT2D eigenvalue weighted by molar-refractivity contribution is 7.91. The molecule has 0 radical (unpaired) electrons. The van der Waals surface area contributed by atoms with Crippen molar-refractivity contribution in [2.45, 2.75) is 19.4 Å². The molecule has 1 fully saturated rings. The summed E-state index contributed by atoms with van der Waals surface area (Å²) < 4.78 is 22.8. The average molecular weight is 268 g/mol. The summed E-state index contributed by atoms with van der Waals surface area (Å²) in [6.07, 6.45) is 2.10. The van der Waals surface area contributed by atoms with Crippen molar-refractivity contribution in [1.82, 2.24) is 9.88 Å². The number of hydrogen-bond donors (Lipinski definition) is 0. The number of amides is 1. The first-order valence-corrected chi connectivity index (χ1v) is 7.61. The quantitative estimate of drug-likeness (QED) is 0.790. The Morgan fingerprint density at radius 2 is 2.22 bits per heavy atom. The molecule has 0 bridgehead atoms. The van der Waals surface area contributed by atoms with E-state index < -0.39 is 9.84 Å². The average Bonchev–Trinajstić information content (AvgIpc) is 2.68. The van der Waals surface area contributed by atoms with Crippen LogP contribution in [0.1, 0.15) is 22.5 Å². The summed E-state index contributed by atoms with van der Waals surface area (Å²) in [6.45, 7) is 1.89. The monoisotopic (exact) mass is 268 g/mol. The number of sulfone groups is 1. The molecule has 1 aromatic heterocycles. The molecular formula is C12H16N2O3S. The van der Waals surface area contributed by atoms with Crippen LogP contribution in [-0.4, -0.2) is 48.8 Å². The molecule has 18 heavy (non-hydrogen) atoms. The van der Waals surface area contributed by atoms with Gasteiger partial charge in [-0.1, -0.05) is 0 Å². The van der Waals surface area contributed by atoms with Crippen LogP contribution in [0, 0.1) is 6.92 Å². The van der Waals surface area contributed by atoms with Gasteiger partial charge in [-0.15, -0.1) is 0 Å². The van der Waals surface area contributed by atoms with E-state index in [0.717, 1.165) is 5.56 Å². The van der Waals surface area contributed by atoms with Gasteiger partial charge in [-0.2, -0.15) is 0 Å². The van der Waals surface area contributed by atoms with E-state index in [0.29, 0.717) is 12.1 Å². The third kappa shape index (κ3) is 2.69. The molecule has 1 saturated heterocycles. The van der Waals surface area contributed by atoms with E-state index in [2.05, 4.69) is 4.98 Å². The van der Waals surface area contributed by atoms with Crippen molar-refractivity contribution in [3.8, 4) is 0 Å². The fourth-order valence-corrected chi connectivity index (χ4v) is 3.85. The van der Waals surface area contributed by atoms with Gasteiger partial charge in [0.15, 0.2) is 9.84 Å². The van der Waals surface area contributed by atoms with E-state index in [4.69, 9.17) is 0 Å². The highest BCUT2D eigenvalue weighted by atomic mass is 32.2. The van der Waals surface area contributed by atoms with Gasteiger partial charge in [-0.25, -0.2) is 8.42 Å². The van der Waals surface area contributed by atoms with Gasteiger partial charge in [0.25, 0.3) is 5.91 Å². The molecule has 0 aromatic carbocycles. The van der Waals surface area contributed by atoms with Crippen LogP contribution in [0.4, 0.5) is 0 Å². The normalized spacial score (nSPS) is 21.8. The number of rotatable bonds is 2. The van der Waals surface area contributed by atoms with Gasteiger partial charge in [0.2, 0.25) is 0 Å². The zero-order valence-corrected chi connectivity index (χ0v) is 11.3. The minimum atomic E-state index is -2.98. The maximum atomic E-state index is 12.2. The molecule has 5 nitrogen and oxygen atoms in total. The molecule has 1 aliphatic heterocycles. The van der Waals surface area contributed by atoms with Gasteiger partial charge in [-0.3, -0.25) is 9.78 Å². The molecule has 0 saturated carbocycles. The number of nitrogens with zero attached hydrogens (tertiary/aromatic N) is 2. The summed E-state index contributed by atoms with van der Waals surface area (Å²) in [5.74, 6) is -0.00165. The minimum absolute atomic E-state index is 0.0566. The molecule has 0 N–H and O–H groups in total. The summed E-state index contributed by atoms with van der Waals surface area (Å²) in [5.41, 5.74) is 1.32. The van der Waals surface area contributed by atoms with Crippen LogP contribution < -0.4 is 0 Å². The van der Waals surface area contributed by atoms with Crippen LogP contribution in [0.25, 0.3) is 0 Å². The van der Waals surface area contributed by atoms with Gasteiger partial charge in [0.1, 0.15) is 5.69 Å². The fourth-order valence-electron chi connectivity index (χ4n) is 2.08. The third-order valence-electron chi connectivity index (χ3n) is 3.21. The van der Waals surface area contributed by atoms with Crippen LogP contribution >= 0.6 is 0 Å². The van der Waals surface area contributed by atoms with Crippen molar-refractivity contribution in [3.05, 3.63) is 29.6 Å². The molecule has 1 unspecified atom stereocenters. The number of hydrogen-bond acceptors (Lipinski definition) is 4. The predicted molar refractivity (Wildman–Crippen MR) is 68.1 cm³/mol. The molecule has 1 atom stereocenters. The zero-order valence-electron chi connectivity index (χ0n) is 10.5. The van der Waals surface area contributed by atoms with Crippen LogP contribution in [0.3, 0.4) is 0 Å². The summed E-state index contributed by atoms with van der Waals surface area (Å²) in [7, 11) is -1.34. The SMILES string of the molecule is Cc1ccnc(C(=O)N(C)C2CCS(=O)(=O)C2)c1. The highest BCUT2D eigenvalue weighted by Gasteiger charge is 2.33. The number of carbonyl (C=O) groups is 1. The molecule has 0 spiro atoms. The Labute approximate surface area is 107 Å². The van der Waals surface area contributed by atoms with Gasteiger partial charge in [0.05, 0.1) is 11.5 Å². The Bertz CT molecular complexity index is 568. The van der Waals surface area contributed by atoms with Crippen molar-refractivity contribution in [2.75, 3.05) is 18.6 Å². The minimum Gasteiger partial charge on any atom is -0.336 e. The standard InChI is InChI=1S/C12H16N2O3S/c1-9-3-5-13-11(7-9)12(15)14(2)10-4-6-18(16,17)8-10/h3,5,7,10H,4,6,8H2,1-2H3. The largest absolute Gasteiger partial charge is 0.336 e. The molecule has 98 valence electrons. The van der Waals surface area contributed by atoms with Crippen molar-refractivity contribution < 1.29 is 13.2 Å². The van der Waals surface area contributed by atoms with Crippen LogP contribution in [0.15, 0.2) is 18.3 Å². The van der Waals surface area contributed by atoms with Crippen molar-refractivity contribution >= 4 is 15.7 Å². The molecule has 1 aliphatic rings. The van der Waals surface area contributed by atoms with E-state index in [-0.39, 0.29) is 23.5 Å². The molecule has 6 heteroatoms. The van der Waals surface area contributed by atoms with Gasteiger partial charge >= 0.3 is 0 Å². The maximum Gasteiger partial charge on any atom is 0.272 e. The number of aryl methyl sites for hydroxylation is 1. The number of pyridine rings is 1. The summed E-state index contributed by atoms with van der Waals surface area (Å²) in [6, 6.07) is 3.30. The maximum absolute atomic E-state index is 12.2. The van der Waals surface area contributed by atoms with E-state index in [1.165, 1.54) is 4.90 Å². The summed E-state index contributed by atoms with van der Waals surface area (Å²) in [4.78, 5) is 17.7. The van der Waals surface area contributed by atoms with E-state index in [9.17, 15) is 13.2 Å². The van der Waals surface area contributed by atoms with Crippen LogP contribution in [0.5, 0.6) is 0 Å². The highest BCUT2D eigenvalue weighted by Crippen LogP contribution is 2.18. The van der Waals surface area contributed by atoms with Gasteiger partial charge in [0, 0.05) is 19.3 Å². The Hall–Kier alpha value is -1.43. The zero-order chi connectivity index (χ0) is 13.3. The first-order valence-electron chi connectivity index (χ1n) is 5.79. The van der Waals surface area contributed by atoms with Crippen LogP contribution in [-0.2, 0) is 9.84 Å². The lowest BCUT2D eigenvalue weighted by atomic mass is 10.2. The van der Waals surface area contributed by atoms with Crippen LogP contribution in [0.2, 0.25) is 0 Å². The Morgan fingerprint density at radius 3 is 2.78 bits per heavy atom. The summed E-state index contributed by atoms with van der Waals surface area (Å²) in [5, 5.41) is 0. The van der Waals surface area contributed by atoms with Gasteiger partial charge < -0.3 is 4.90 Å². The smallest absolute Gasteiger partial charge is 0.272 e. The molecule has 2 heterocycles. The van der Waals surface area contributed by atoms with Crippen molar-refractivity contribution in [1.29, 1.82) is 0 Å². The van der Waals surface area contributed by atoms with E-state index >= 15 is 0 Å². The molecule has 1 aromatic rings. The molecule has 2 rings (SSSR count). The van der Waals surface area contributed by atoms with E-state index in [1.54, 1.807) is 19.3 Å². The number of carbonyl (C=O) groups excluding carboxylic acids is 1. The lowest BCUT2D eigenvalue weighted by Crippen LogP contribution is -2.38. The lowest BCUT2D eigenvalue weighted by Gasteiger charge is -2.22. The van der Waals surface area contributed by atoms with Gasteiger partial charge in [-0.05, 0) is 31.0 Å². The summed E-state index contributed by atoms with van der Waals surface area (Å²) >= 11 is 0. The second-order valence-electron chi connectivity index (χ2n) is 4.69. The Kier molecular flexibility index (Phi) is 3.38.